The molecule has 0 atom stereocenters. The predicted octanol–water partition coefficient (Wildman–Crippen LogP) is 1.81. The second-order valence-electron chi connectivity index (χ2n) is 3.37. The third kappa shape index (κ3) is 4.28. The van der Waals surface area contributed by atoms with Gasteiger partial charge in [0.15, 0.2) is 0 Å². The number of nitrogens with one attached hydrogen (secondary N) is 2. The van der Waals surface area contributed by atoms with E-state index >= 15 is 0 Å². The lowest BCUT2D eigenvalue weighted by atomic mass is 10.2. The standard InChI is InChI=1S/C11H14BrFN2O/c1-14-5-4-11(16)15-7-8-2-3-9(13)6-10(8)12/h2-3,6,14H,4-5,7H2,1H3,(H,15,16). The Hall–Kier alpha value is -0.940. The van der Waals surface area contributed by atoms with Gasteiger partial charge in [-0.1, -0.05) is 22.0 Å². The van der Waals surface area contributed by atoms with Crippen molar-refractivity contribution in [3.63, 3.8) is 0 Å². The minimum Gasteiger partial charge on any atom is -0.352 e. The van der Waals surface area contributed by atoms with Crippen LogP contribution >= 0.6 is 15.9 Å². The smallest absolute Gasteiger partial charge is 0.221 e. The van der Waals surface area contributed by atoms with Gasteiger partial charge in [0, 0.05) is 24.0 Å². The summed E-state index contributed by atoms with van der Waals surface area (Å²) in [4.78, 5) is 11.3. The Morgan fingerprint density at radius 3 is 2.88 bits per heavy atom. The molecule has 2 N–H and O–H groups in total. The van der Waals surface area contributed by atoms with Crippen LogP contribution in [0.25, 0.3) is 0 Å². The van der Waals surface area contributed by atoms with Crippen molar-refractivity contribution in [1.29, 1.82) is 0 Å². The number of rotatable bonds is 5. The molecule has 0 saturated heterocycles. The van der Waals surface area contributed by atoms with E-state index < -0.39 is 0 Å². The average molecular weight is 289 g/mol. The first kappa shape index (κ1) is 13.1. The summed E-state index contributed by atoms with van der Waals surface area (Å²) >= 11 is 3.25. The quantitative estimate of drug-likeness (QED) is 0.868. The van der Waals surface area contributed by atoms with Gasteiger partial charge < -0.3 is 10.6 Å². The Kier molecular flexibility index (Phi) is 5.42. The van der Waals surface area contributed by atoms with Crippen molar-refractivity contribution >= 4 is 21.8 Å². The topological polar surface area (TPSA) is 41.1 Å². The molecule has 3 nitrogen and oxygen atoms in total. The fraction of sp³-hybridized carbons (Fsp3) is 0.364. The van der Waals surface area contributed by atoms with Crippen LogP contribution in [0.3, 0.4) is 0 Å². The van der Waals surface area contributed by atoms with Gasteiger partial charge in [-0.05, 0) is 24.7 Å². The second-order valence-corrected chi connectivity index (χ2v) is 4.22. The first-order chi connectivity index (χ1) is 7.63. The van der Waals surface area contributed by atoms with E-state index in [1.165, 1.54) is 12.1 Å². The van der Waals surface area contributed by atoms with Gasteiger partial charge in [-0.25, -0.2) is 4.39 Å². The molecule has 0 saturated carbocycles. The molecule has 0 heterocycles. The minimum atomic E-state index is -0.294. The van der Waals surface area contributed by atoms with E-state index in [2.05, 4.69) is 26.6 Å². The monoisotopic (exact) mass is 288 g/mol. The molecular formula is C11H14BrFN2O. The van der Waals surface area contributed by atoms with Gasteiger partial charge in [0.2, 0.25) is 5.91 Å². The first-order valence-electron chi connectivity index (χ1n) is 4.98. The Balaban J connectivity index is 2.45. The molecule has 0 spiro atoms. The van der Waals surface area contributed by atoms with E-state index in [1.54, 1.807) is 13.1 Å². The van der Waals surface area contributed by atoms with Gasteiger partial charge in [-0.15, -0.1) is 0 Å². The summed E-state index contributed by atoms with van der Waals surface area (Å²) < 4.78 is 13.5. The van der Waals surface area contributed by atoms with Crippen LogP contribution in [0, 0.1) is 5.82 Å². The first-order valence-corrected chi connectivity index (χ1v) is 5.78. The molecule has 16 heavy (non-hydrogen) atoms. The summed E-state index contributed by atoms with van der Waals surface area (Å²) in [5.74, 6) is -0.317. The van der Waals surface area contributed by atoms with Crippen LogP contribution in [0.15, 0.2) is 22.7 Å². The largest absolute Gasteiger partial charge is 0.352 e. The Bertz CT molecular complexity index is 371. The van der Waals surface area contributed by atoms with Crippen LogP contribution in [0.4, 0.5) is 4.39 Å². The number of amides is 1. The molecule has 5 heteroatoms. The highest BCUT2D eigenvalue weighted by Crippen LogP contribution is 2.17. The van der Waals surface area contributed by atoms with Crippen molar-refractivity contribution in [1.82, 2.24) is 10.6 Å². The zero-order valence-corrected chi connectivity index (χ0v) is 10.6. The van der Waals surface area contributed by atoms with Crippen molar-refractivity contribution in [2.75, 3.05) is 13.6 Å². The molecule has 1 rings (SSSR count). The molecule has 0 fully saturated rings. The molecule has 0 aromatic heterocycles. The minimum absolute atomic E-state index is 0.0226. The van der Waals surface area contributed by atoms with Crippen LogP contribution in [-0.4, -0.2) is 19.5 Å². The van der Waals surface area contributed by atoms with Crippen molar-refractivity contribution < 1.29 is 9.18 Å². The summed E-state index contributed by atoms with van der Waals surface area (Å²) in [6.07, 6.45) is 0.440. The maximum Gasteiger partial charge on any atom is 0.221 e. The van der Waals surface area contributed by atoms with Gasteiger partial charge in [-0.2, -0.15) is 0 Å². The third-order valence-electron chi connectivity index (χ3n) is 2.09. The van der Waals surface area contributed by atoms with E-state index in [-0.39, 0.29) is 11.7 Å². The number of benzene rings is 1. The van der Waals surface area contributed by atoms with Gasteiger partial charge in [0.05, 0.1) is 0 Å². The highest BCUT2D eigenvalue weighted by molar-refractivity contribution is 9.10. The lowest BCUT2D eigenvalue weighted by Crippen LogP contribution is -2.26. The molecule has 1 aromatic carbocycles. The van der Waals surface area contributed by atoms with E-state index in [0.717, 1.165) is 5.56 Å². The number of carbonyl (C=O) groups is 1. The van der Waals surface area contributed by atoms with Crippen LogP contribution in [0.1, 0.15) is 12.0 Å². The van der Waals surface area contributed by atoms with Crippen LogP contribution < -0.4 is 10.6 Å². The molecule has 88 valence electrons. The van der Waals surface area contributed by atoms with Crippen LogP contribution in [-0.2, 0) is 11.3 Å². The Morgan fingerprint density at radius 1 is 1.50 bits per heavy atom. The summed E-state index contributed by atoms with van der Waals surface area (Å²) in [6.45, 7) is 1.06. The molecule has 1 amide bonds. The third-order valence-corrected chi connectivity index (χ3v) is 2.83. The highest BCUT2D eigenvalue weighted by Gasteiger charge is 2.04. The number of hydrogen-bond donors (Lipinski definition) is 2. The van der Waals surface area contributed by atoms with E-state index in [9.17, 15) is 9.18 Å². The lowest BCUT2D eigenvalue weighted by Gasteiger charge is -2.07. The van der Waals surface area contributed by atoms with Gasteiger partial charge in [0.1, 0.15) is 5.82 Å². The second kappa shape index (κ2) is 6.60. The van der Waals surface area contributed by atoms with E-state index in [4.69, 9.17) is 0 Å². The summed E-state index contributed by atoms with van der Waals surface area (Å²) in [5.41, 5.74) is 0.860. The molecular weight excluding hydrogens is 275 g/mol. The summed E-state index contributed by atoms with van der Waals surface area (Å²) in [6, 6.07) is 4.41. The molecule has 0 aliphatic heterocycles. The lowest BCUT2D eigenvalue weighted by molar-refractivity contribution is -0.121. The molecule has 0 unspecified atom stereocenters. The summed E-state index contributed by atoms with van der Waals surface area (Å²) in [5, 5.41) is 5.66. The van der Waals surface area contributed by atoms with E-state index in [0.29, 0.717) is 24.0 Å². The predicted molar refractivity (Wildman–Crippen MR) is 64.5 cm³/mol. The molecule has 0 aliphatic carbocycles. The van der Waals surface area contributed by atoms with Gasteiger partial charge in [-0.3, -0.25) is 4.79 Å². The SMILES string of the molecule is CNCCC(=O)NCc1ccc(F)cc1Br. The number of halogens is 2. The molecule has 0 aliphatic rings. The Morgan fingerprint density at radius 2 is 2.25 bits per heavy atom. The zero-order chi connectivity index (χ0) is 12.0. The maximum atomic E-state index is 12.8. The zero-order valence-electron chi connectivity index (χ0n) is 9.02. The van der Waals surface area contributed by atoms with Crippen LogP contribution in [0.5, 0.6) is 0 Å². The fourth-order valence-corrected chi connectivity index (χ4v) is 1.68. The normalized spacial score (nSPS) is 10.2. The van der Waals surface area contributed by atoms with Crippen molar-refractivity contribution in [2.45, 2.75) is 13.0 Å². The van der Waals surface area contributed by atoms with Gasteiger partial charge >= 0.3 is 0 Å². The average Bonchev–Trinajstić information content (AvgIpc) is 2.25. The highest BCUT2D eigenvalue weighted by atomic mass is 79.9. The van der Waals surface area contributed by atoms with Gasteiger partial charge in [0.25, 0.3) is 0 Å². The van der Waals surface area contributed by atoms with Crippen molar-refractivity contribution in [3.8, 4) is 0 Å². The number of hydrogen-bond acceptors (Lipinski definition) is 2. The molecule has 0 radical (unpaired) electrons. The molecule has 1 aromatic rings. The Labute approximate surface area is 103 Å². The molecule has 0 bridgehead atoms. The maximum absolute atomic E-state index is 12.8. The summed E-state index contributed by atoms with van der Waals surface area (Å²) in [7, 11) is 1.80. The van der Waals surface area contributed by atoms with Crippen LogP contribution in [0.2, 0.25) is 0 Å². The fourth-order valence-electron chi connectivity index (χ4n) is 1.19. The van der Waals surface area contributed by atoms with E-state index in [1.807, 2.05) is 0 Å². The number of carbonyl (C=O) groups excluding carboxylic acids is 1. The van der Waals surface area contributed by atoms with Crippen molar-refractivity contribution in [3.05, 3.63) is 34.1 Å². The van der Waals surface area contributed by atoms with Crippen molar-refractivity contribution in [2.24, 2.45) is 0 Å².